The Hall–Kier alpha value is -1.88. The molecule has 0 radical (unpaired) electrons. The lowest BCUT2D eigenvalue weighted by atomic mass is 9.96. The van der Waals surface area contributed by atoms with Crippen LogP contribution in [0.4, 0.5) is 0 Å². The molecule has 1 aromatic carbocycles. The fourth-order valence-corrected chi connectivity index (χ4v) is 3.66. The SMILES string of the molecule is O=C(O)[C@@H]1CCN(C(=O)[C@H]2CCCN(Cc3ccccc3)C2)C1. The summed E-state index contributed by atoms with van der Waals surface area (Å²) in [5.74, 6) is -1.01. The molecule has 0 spiro atoms. The van der Waals surface area contributed by atoms with E-state index in [4.69, 9.17) is 5.11 Å². The van der Waals surface area contributed by atoms with E-state index < -0.39 is 5.97 Å². The van der Waals surface area contributed by atoms with E-state index in [-0.39, 0.29) is 17.7 Å². The van der Waals surface area contributed by atoms with Gasteiger partial charge in [-0.05, 0) is 31.4 Å². The van der Waals surface area contributed by atoms with Crippen LogP contribution in [0.3, 0.4) is 0 Å². The van der Waals surface area contributed by atoms with Crippen LogP contribution in [-0.4, -0.2) is 53.0 Å². The normalized spacial score (nSPS) is 25.5. The summed E-state index contributed by atoms with van der Waals surface area (Å²) in [5.41, 5.74) is 1.27. The summed E-state index contributed by atoms with van der Waals surface area (Å²) in [7, 11) is 0. The molecule has 1 amide bonds. The Morgan fingerprint density at radius 2 is 1.83 bits per heavy atom. The van der Waals surface area contributed by atoms with Gasteiger partial charge in [0.1, 0.15) is 0 Å². The molecule has 0 unspecified atom stereocenters. The fraction of sp³-hybridized carbons (Fsp3) is 0.556. The molecule has 2 heterocycles. The van der Waals surface area contributed by atoms with Gasteiger partial charge in [0, 0.05) is 26.2 Å². The zero-order valence-electron chi connectivity index (χ0n) is 13.4. The van der Waals surface area contributed by atoms with Gasteiger partial charge in [-0.1, -0.05) is 30.3 Å². The molecular weight excluding hydrogens is 292 g/mol. The number of carbonyl (C=O) groups is 2. The lowest BCUT2D eigenvalue weighted by Crippen LogP contribution is -2.44. The molecule has 2 atom stereocenters. The zero-order chi connectivity index (χ0) is 16.2. The molecule has 0 aromatic heterocycles. The van der Waals surface area contributed by atoms with E-state index in [2.05, 4.69) is 17.0 Å². The summed E-state index contributed by atoms with van der Waals surface area (Å²) in [6.07, 6.45) is 2.53. The van der Waals surface area contributed by atoms with E-state index in [1.807, 2.05) is 18.2 Å². The van der Waals surface area contributed by atoms with Gasteiger partial charge in [-0.2, -0.15) is 0 Å². The Morgan fingerprint density at radius 1 is 1.04 bits per heavy atom. The Kier molecular flexibility index (Phi) is 4.96. The third kappa shape index (κ3) is 3.91. The first-order valence-electron chi connectivity index (χ1n) is 8.41. The average molecular weight is 316 g/mol. The van der Waals surface area contributed by atoms with E-state index in [1.54, 1.807) is 4.90 Å². The van der Waals surface area contributed by atoms with Crippen molar-refractivity contribution in [3.8, 4) is 0 Å². The lowest BCUT2D eigenvalue weighted by Gasteiger charge is -2.34. The molecule has 3 rings (SSSR count). The first kappa shape index (κ1) is 16.0. The van der Waals surface area contributed by atoms with Crippen molar-refractivity contribution in [3.63, 3.8) is 0 Å². The third-order valence-electron chi connectivity index (χ3n) is 4.95. The molecule has 0 saturated carbocycles. The minimum atomic E-state index is -0.783. The highest BCUT2D eigenvalue weighted by Crippen LogP contribution is 2.24. The van der Waals surface area contributed by atoms with Crippen LogP contribution in [0.25, 0.3) is 0 Å². The number of carboxylic acid groups (broad SMARTS) is 1. The maximum Gasteiger partial charge on any atom is 0.308 e. The van der Waals surface area contributed by atoms with Crippen molar-refractivity contribution in [2.24, 2.45) is 11.8 Å². The number of likely N-dealkylation sites (tertiary alicyclic amines) is 2. The second kappa shape index (κ2) is 7.13. The van der Waals surface area contributed by atoms with Crippen molar-refractivity contribution in [1.29, 1.82) is 0 Å². The Bertz CT molecular complexity index is 561. The largest absolute Gasteiger partial charge is 0.481 e. The second-order valence-electron chi connectivity index (χ2n) is 6.67. The highest BCUT2D eigenvalue weighted by Gasteiger charge is 2.35. The first-order valence-corrected chi connectivity index (χ1v) is 8.41. The van der Waals surface area contributed by atoms with E-state index in [0.29, 0.717) is 19.5 Å². The molecule has 5 nitrogen and oxygen atoms in total. The van der Waals surface area contributed by atoms with E-state index in [9.17, 15) is 9.59 Å². The van der Waals surface area contributed by atoms with Crippen LogP contribution in [0.15, 0.2) is 30.3 Å². The molecule has 0 aliphatic carbocycles. The third-order valence-corrected chi connectivity index (χ3v) is 4.95. The fourth-order valence-electron chi connectivity index (χ4n) is 3.66. The molecule has 1 aromatic rings. The van der Waals surface area contributed by atoms with Crippen LogP contribution in [-0.2, 0) is 16.1 Å². The summed E-state index contributed by atoms with van der Waals surface area (Å²) in [6.45, 7) is 3.65. The topological polar surface area (TPSA) is 60.9 Å². The molecule has 23 heavy (non-hydrogen) atoms. The van der Waals surface area contributed by atoms with Crippen molar-refractivity contribution in [1.82, 2.24) is 9.80 Å². The van der Waals surface area contributed by atoms with Crippen LogP contribution in [0.5, 0.6) is 0 Å². The van der Waals surface area contributed by atoms with E-state index >= 15 is 0 Å². The molecule has 2 aliphatic rings. The summed E-state index contributed by atoms with van der Waals surface area (Å²) in [4.78, 5) is 27.8. The van der Waals surface area contributed by atoms with Gasteiger partial charge in [0.2, 0.25) is 5.91 Å². The number of amides is 1. The summed E-state index contributed by atoms with van der Waals surface area (Å²) < 4.78 is 0. The van der Waals surface area contributed by atoms with Crippen LogP contribution in [0, 0.1) is 11.8 Å². The van der Waals surface area contributed by atoms with Gasteiger partial charge in [0.25, 0.3) is 0 Å². The van der Waals surface area contributed by atoms with Gasteiger partial charge in [-0.25, -0.2) is 0 Å². The van der Waals surface area contributed by atoms with Crippen LogP contribution in [0.2, 0.25) is 0 Å². The second-order valence-corrected chi connectivity index (χ2v) is 6.67. The highest BCUT2D eigenvalue weighted by molar-refractivity contribution is 5.81. The Balaban J connectivity index is 1.56. The molecular formula is C18H24N2O3. The van der Waals surface area contributed by atoms with Crippen molar-refractivity contribution < 1.29 is 14.7 Å². The minimum Gasteiger partial charge on any atom is -0.481 e. The number of benzene rings is 1. The molecule has 0 bridgehead atoms. The highest BCUT2D eigenvalue weighted by atomic mass is 16.4. The van der Waals surface area contributed by atoms with Crippen molar-refractivity contribution in [2.75, 3.05) is 26.2 Å². The summed E-state index contributed by atoms with van der Waals surface area (Å²) >= 11 is 0. The molecule has 2 fully saturated rings. The van der Waals surface area contributed by atoms with E-state index in [1.165, 1.54) is 5.56 Å². The predicted octanol–water partition coefficient (Wildman–Crippen LogP) is 1.83. The van der Waals surface area contributed by atoms with Crippen LogP contribution >= 0.6 is 0 Å². The van der Waals surface area contributed by atoms with Gasteiger partial charge >= 0.3 is 5.97 Å². The minimum absolute atomic E-state index is 0.0139. The van der Waals surface area contributed by atoms with Crippen LogP contribution in [0.1, 0.15) is 24.8 Å². The molecule has 2 saturated heterocycles. The van der Waals surface area contributed by atoms with E-state index in [0.717, 1.165) is 32.5 Å². The number of hydrogen-bond donors (Lipinski definition) is 1. The Labute approximate surface area is 136 Å². The lowest BCUT2D eigenvalue weighted by molar-refractivity contribution is -0.142. The smallest absolute Gasteiger partial charge is 0.308 e. The molecule has 2 aliphatic heterocycles. The number of piperidine rings is 1. The maximum atomic E-state index is 12.7. The monoisotopic (exact) mass is 316 g/mol. The van der Waals surface area contributed by atoms with Crippen LogP contribution < -0.4 is 0 Å². The number of rotatable bonds is 4. The number of carbonyl (C=O) groups excluding carboxylic acids is 1. The van der Waals surface area contributed by atoms with Gasteiger partial charge < -0.3 is 10.0 Å². The zero-order valence-corrected chi connectivity index (χ0v) is 13.4. The summed E-state index contributed by atoms with van der Waals surface area (Å²) in [6, 6.07) is 10.3. The Morgan fingerprint density at radius 3 is 2.52 bits per heavy atom. The number of nitrogens with zero attached hydrogens (tertiary/aromatic N) is 2. The standard InChI is InChI=1S/C18H24N2O3/c21-17(20-10-8-16(13-20)18(22)23)15-7-4-9-19(12-15)11-14-5-2-1-3-6-14/h1-3,5-6,15-16H,4,7-13H2,(H,22,23)/t15-,16+/m0/s1. The van der Waals surface area contributed by atoms with Gasteiger partial charge in [0.05, 0.1) is 11.8 Å². The van der Waals surface area contributed by atoms with Crippen molar-refractivity contribution in [2.45, 2.75) is 25.8 Å². The number of aliphatic carboxylic acids is 1. The van der Waals surface area contributed by atoms with Crippen molar-refractivity contribution in [3.05, 3.63) is 35.9 Å². The molecule has 5 heteroatoms. The number of hydrogen-bond acceptors (Lipinski definition) is 3. The quantitative estimate of drug-likeness (QED) is 0.920. The van der Waals surface area contributed by atoms with Gasteiger partial charge in [0.15, 0.2) is 0 Å². The van der Waals surface area contributed by atoms with Gasteiger partial charge in [-0.15, -0.1) is 0 Å². The molecule has 1 N–H and O–H groups in total. The van der Waals surface area contributed by atoms with Gasteiger partial charge in [-0.3, -0.25) is 14.5 Å². The number of carboxylic acids is 1. The first-order chi connectivity index (χ1) is 11.1. The van der Waals surface area contributed by atoms with Crippen molar-refractivity contribution >= 4 is 11.9 Å². The predicted molar refractivity (Wildman–Crippen MR) is 86.8 cm³/mol. The average Bonchev–Trinajstić information content (AvgIpc) is 3.06. The summed E-state index contributed by atoms with van der Waals surface area (Å²) in [5, 5.41) is 9.08. The molecule has 124 valence electrons. The maximum absolute atomic E-state index is 12.7.